The molecular weight excluding hydrogens is 208 g/mol. The van der Waals surface area contributed by atoms with Gasteiger partial charge in [-0.25, -0.2) is 9.97 Å². The van der Waals surface area contributed by atoms with E-state index in [1.165, 1.54) is 50.5 Å². The largest absolute Gasteiger partial charge is 0.245 e. The maximum Gasteiger partial charge on any atom is 0.115 e. The highest BCUT2D eigenvalue weighted by Crippen LogP contribution is 2.28. The maximum atomic E-state index is 4.32. The molecule has 1 atom stereocenters. The molecule has 1 aromatic rings. The van der Waals surface area contributed by atoms with Crippen molar-refractivity contribution < 1.29 is 0 Å². The predicted molar refractivity (Wildman–Crippen MR) is 73.2 cm³/mol. The Hall–Kier alpha value is -0.920. The molecule has 0 saturated carbocycles. The summed E-state index contributed by atoms with van der Waals surface area (Å²) in [5.74, 6) is 0.665. The molecule has 2 heteroatoms. The van der Waals surface area contributed by atoms with Crippen LogP contribution in [-0.2, 0) is 0 Å². The Morgan fingerprint density at radius 3 is 2.53 bits per heavy atom. The molecule has 2 nitrogen and oxygen atoms in total. The molecular formula is C15H26N2. The van der Waals surface area contributed by atoms with E-state index in [0.29, 0.717) is 5.92 Å². The quantitative estimate of drug-likeness (QED) is 0.612. The zero-order valence-corrected chi connectivity index (χ0v) is 11.6. The Labute approximate surface area is 106 Å². The number of nitrogens with zero attached hydrogens (tertiary/aromatic N) is 2. The van der Waals surface area contributed by atoms with Gasteiger partial charge in [-0.05, 0) is 31.2 Å². The summed E-state index contributed by atoms with van der Waals surface area (Å²) in [5, 5.41) is 0. The summed E-state index contributed by atoms with van der Waals surface area (Å²) < 4.78 is 0. The Morgan fingerprint density at radius 1 is 1.06 bits per heavy atom. The molecule has 0 N–H and O–H groups in total. The fourth-order valence-corrected chi connectivity index (χ4v) is 2.42. The molecule has 0 aliphatic rings. The second kappa shape index (κ2) is 8.21. The molecule has 1 rings (SSSR count). The molecule has 0 spiro atoms. The first-order valence-electron chi connectivity index (χ1n) is 7.06. The lowest BCUT2D eigenvalue weighted by Gasteiger charge is -2.17. The number of hydrogen-bond acceptors (Lipinski definition) is 2. The van der Waals surface area contributed by atoms with Crippen LogP contribution in [0.4, 0.5) is 0 Å². The lowest BCUT2D eigenvalue weighted by molar-refractivity contribution is 0.516. The first-order valence-corrected chi connectivity index (χ1v) is 7.06. The average Bonchev–Trinajstić information content (AvgIpc) is 2.34. The van der Waals surface area contributed by atoms with E-state index in [4.69, 9.17) is 0 Å². The van der Waals surface area contributed by atoms with Gasteiger partial charge in [0.05, 0.1) is 0 Å². The van der Waals surface area contributed by atoms with E-state index in [0.717, 1.165) is 5.69 Å². The van der Waals surface area contributed by atoms with E-state index in [1.807, 2.05) is 6.20 Å². The van der Waals surface area contributed by atoms with E-state index in [9.17, 15) is 0 Å². The van der Waals surface area contributed by atoms with Crippen molar-refractivity contribution >= 4 is 0 Å². The fraction of sp³-hybridized carbons (Fsp3) is 0.733. The van der Waals surface area contributed by atoms with Crippen LogP contribution >= 0.6 is 0 Å². The molecule has 0 fully saturated rings. The summed E-state index contributed by atoms with van der Waals surface area (Å²) in [7, 11) is 0. The second-order valence-corrected chi connectivity index (χ2v) is 4.90. The Kier molecular flexibility index (Phi) is 6.83. The van der Waals surface area contributed by atoms with Crippen LogP contribution in [0, 0.1) is 6.92 Å². The molecule has 1 heterocycles. The van der Waals surface area contributed by atoms with Crippen LogP contribution in [0.5, 0.6) is 0 Å². The van der Waals surface area contributed by atoms with Gasteiger partial charge in [0, 0.05) is 11.9 Å². The SMILES string of the molecule is CCCCCCC(CCC)c1cncnc1C. The third-order valence-corrected chi connectivity index (χ3v) is 3.43. The van der Waals surface area contributed by atoms with E-state index >= 15 is 0 Å². The minimum Gasteiger partial charge on any atom is -0.245 e. The molecule has 0 radical (unpaired) electrons. The minimum absolute atomic E-state index is 0.665. The van der Waals surface area contributed by atoms with Crippen LogP contribution in [0.3, 0.4) is 0 Å². The van der Waals surface area contributed by atoms with Crippen molar-refractivity contribution in [2.75, 3.05) is 0 Å². The van der Waals surface area contributed by atoms with Crippen LogP contribution in [0.25, 0.3) is 0 Å². The van der Waals surface area contributed by atoms with Gasteiger partial charge in [-0.3, -0.25) is 0 Å². The summed E-state index contributed by atoms with van der Waals surface area (Å²) in [4.78, 5) is 8.50. The van der Waals surface area contributed by atoms with E-state index < -0.39 is 0 Å². The number of aromatic nitrogens is 2. The Bertz CT molecular complexity index is 310. The summed E-state index contributed by atoms with van der Waals surface area (Å²) >= 11 is 0. The van der Waals surface area contributed by atoms with Crippen molar-refractivity contribution in [1.29, 1.82) is 0 Å². The summed E-state index contributed by atoms with van der Waals surface area (Å²) in [6.07, 6.45) is 12.8. The van der Waals surface area contributed by atoms with Crippen molar-refractivity contribution in [2.24, 2.45) is 0 Å². The van der Waals surface area contributed by atoms with E-state index in [1.54, 1.807) is 6.33 Å². The fourth-order valence-electron chi connectivity index (χ4n) is 2.42. The van der Waals surface area contributed by atoms with Gasteiger partial charge in [0.15, 0.2) is 0 Å². The maximum absolute atomic E-state index is 4.32. The molecule has 0 aromatic carbocycles. The molecule has 17 heavy (non-hydrogen) atoms. The van der Waals surface area contributed by atoms with Crippen LogP contribution in [0.15, 0.2) is 12.5 Å². The van der Waals surface area contributed by atoms with Gasteiger partial charge in [0.2, 0.25) is 0 Å². The zero-order chi connectivity index (χ0) is 12.5. The van der Waals surface area contributed by atoms with Crippen LogP contribution in [0.2, 0.25) is 0 Å². The summed E-state index contributed by atoms with van der Waals surface area (Å²) in [6.45, 7) is 6.63. The van der Waals surface area contributed by atoms with Crippen LogP contribution in [-0.4, -0.2) is 9.97 Å². The lowest BCUT2D eigenvalue weighted by Crippen LogP contribution is -2.03. The summed E-state index contributed by atoms with van der Waals surface area (Å²) in [5.41, 5.74) is 2.53. The third kappa shape index (κ3) is 4.84. The molecule has 0 saturated heterocycles. The molecule has 0 aliphatic heterocycles. The van der Waals surface area contributed by atoms with E-state index in [2.05, 4.69) is 30.7 Å². The minimum atomic E-state index is 0.665. The van der Waals surface area contributed by atoms with Gasteiger partial charge in [-0.2, -0.15) is 0 Å². The molecule has 0 amide bonds. The van der Waals surface area contributed by atoms with Crippen LogP contribution < -0.4 is 0 Å². The standard InChI is InChI=1S/C15H26N2/c1-4-6-7-8-10-14(9-5-2)15-11-16-12-17-13(15)3/h11-12,14H,4-10H2,1-3H3. The van der Waals surface area contributed by atoms with Crippen LogP contribution in [0.1, 0.15) is 76.0 Å². The number of unbranched alkanes of at least 4 members (excludes halogenated alkanes) is 3. The molecule has 0 aliphatic carbocycles. The Morgan fingerprint density at radius 2 is 1.88 bits per heavy atom. The highest BCUT2D eigenvalue weighted by atomic mass is 14.8. The predicted octanol–water partition coefficient (Wildman–Crippen LogP) is 4.64. The topological polar surface area (TPSA) is 25.8 Å². The molecule has 1 unspecified atom stereocenters. The smallest absolute Gasteiger partial charge is 0.115 e. The van der Waals surface area contributed by atoms with Gasteiger partial charge in [-0.15, -0.1) is 0 Å². The lowest BCUT2D eigenvalue weighted by atomic mass is 9.89. The highest BCUT2D eigenvalue weighted by molar-refractivity contribution is 5.19. The van der Waals surface area contributed by atoms with Gasteiger partial charge < -0.3 is 0 Å². The van der Waals surface area contributed by atoms with Gasteiger partial charge in [0.1, 0.15) is 6.33 Å². The van der Waals surface area contributed by atoms with Gasteiger partial charge in [-0.1, -0.05) is 46.0 Å². The van der Waals surface area contributed by atoms with Crippen molar-refractivity contribution in [3.8, 4) is 0 Å². The summed E-state index contributed by atoms with van der Waals surface area (Å²) in [6, 6.07) is 0. The number of hydrogen-bond donors (Lipinski definition) is 0. The van der Waals surface area contributed by atoms with Crippen molar-refractivity contribution in [2.45, 2.75) is 71.6 Å². The van der Waals surface area contributed by atoms with Gasteiger partial charge in [0.25, 0.3) is 0 Å². The van der Waals surface area contributed by atoms with Gasteiger partial charge >= 0.3 is 0 Å². The number of aryl methyl sites for hydroxylation is 1. The second-order valence-electron chi connectivity index (χ2n) is 4.90. The normalized spacial score (nSPS) is 12.6. The first kappa shape index (κ1) is 14.1. The molecule has 0 bridgehead atoms. The number of rotatable bonds is 8. The molecule has 96 valence electrons. The average molecular weight is 234 g/mol. The molecule has 1 aromatic heterocycles. The highest BCUT2D eigenvalue weighted by Gasteiger charge is 2.13. The zero-order valence-electron chi connectivity index (χ0n) is 11.6. The third-order valence-electron chi connectivity index (χ3n) is 3.43. The monoisotopic (exact) mass is 234 g/mol. The Balaban J connectivity index is 2.56. The van der Waals surface area contributed by atoms with E-state index in [-0.39, 0.29) is 0 Å². The van der Waals surface area contributed by atoms with Crippen molar-refractivity contribution in [3.05, 3.63) is 23.8 Å². The van der Waals surface area contributed by atoms with Crippen molar-refractivity contribution in [3.63, 3.8) is 0 Å². The first-order chi connectivity index (χ1) is 8.29. The van der Waals surface area contributed by atoms with Crippen molar-refractivity contribution in [1.82, 2.24) is 9.97 Å².